The van der Waals surface area contributed by atoms with Crippen molar-refractivity contribution >= 4 is 17.4 Å². The standard InChI is InChI=1S/C18H16FNO3/c1-18(13-5-3-4-6-14(13)20-17(18)22)16(19)15(21)11-7-9-12(23-2)10-8-11/h3-10,16H,1-2H3,(H,20,22)/t16-,18-/m0/s1. The van der Waals surface area contributed by atoms with E-state index in [1.165, 1.54) is 26.2 Å². The molecule has 0 spiro atoms. The molecule has 118 valence electrons. The summed E-state index contributed by atoms with van der Waals surface area (Å²) >= 11 is 0. The Morgan fingerprint density at radius 1 is 1.17 bits per heavy atom. The van der Waals surface area contributed by atoms with E-state index in [2.05, 4.69) is 5.32 Å². The van der Waals surface area contributed by atoms with Gasteiger partial charge in [-0.05, 0) is 42.8 Å². The van der Waals surface area contributed by atoms with Crippen LogP contribution in [0.1, 0.15) is 22.8 Å². The van der Waals surface area contributed by atoms with Crippen LogP contribution < -0.4 is 10.1 Å². The van der Waals surface area contributed by atoms with E-state index in [9.17, 15) is 9.59 Å². The van der Waals surface area contributed by atoms with Crippen LogP contribution in [0.15, 0.2) is 48.5 Å². The zero-order chi connectivity index (χ0) is 16.6. The summed E-state index contributed by atoms with van der Waals surface area (Å²) in [5.41, 5.74) is -0.283. The van der Waals surface area contributed by atoms with E-state index < -0.39 is 23.3 Å². The second kappa shape index (κ2) is 5.50. The lowest BCUT2D eigenvalue weighted by Crippen LogP contribution is -2.44. The molecule has 0 aliphatic carbocycles. The van der Waals surface area contributed by atoms with Crippen LogP contribution in [0.4, 0.5) is 10.1 Å². The predicted octanol–water partition coefficient (Wildman–Crippen LogP) is 3.13. The van der Waals surface area contributed by atoms with Crippen LogP contribution in [0.2, 0.25) is 0 Å². The van der Waals surface area contributed by atoms with Gasteiger partial charge < -0.3 is 10.1 Å². The Labute approximate surface area is 133 Å². The number of rotatable bonds is 4. The van der Waals surface area contributed by atoms with Crippen LogP contribution in [-0.2, 0) is 10.2 Å². The van der Waals surface area contributed by atoms with Crippen LogP contribution in [0.5, 0.6) is 5.75 Å². The summed E-state index contributed by atoms with van der Waals surface area (Å²) in [5, 5.41) is 2.64. The lowest BCUT2D eigenvalue weighted by molar-refractivity contribution is -0.121. The molecule has 5 heteroatoms. The zero-order valence-corrected chi connectivity index (χ0v) is 12.8. The molecule has 0 saturated heterocycles. The molecule has 3 rings (SSSR count). The van der Waals surface area contributed by atoms with E-state index in [0.29, 0.717) is 17.0 Å². The van der Waals surface area contributed by atoms with Gasteiger partial charge in [0, 0.05) is 11.3 Å². The lowest BCUT2D eigenvalue weighted by atomic mass is 9.76. The highest BCUT2D eigenvalue weighted by Gasteiger charge is 2.52. The highest BCUT2D eigenvalue weighted by atomic mass is 19.1. The van der Waals surface area contributed by atoms with Crippen LogP contribution in [0.25, 0.3) is 0 Å². The SMILES string of the molecule is COc1ccc(C(=O)[C@H](F)[C@@]2(C)C(=O)Nc3ccccc32)cc1. The second-order valence-electron chi connectivity index (χ2n) is 5.66. The van der Waals surface area contributed by atoms with Crippen molar-refractivity contribution in [1.29, 1.82) is 0 Å². The third-order valence-corrected chi connectivity index (χ3v) is 4.32. The van der Waals surface area contributed by atoms with E-state index in [-0.39, 0.29) is 5.56 Å². The summed E-state index contributed by atoms with van der Waals surface area (Å²) in [6, 6.07) is 13.0. The number of amides is 1. The summed E-state index contributed by atoms with van der Waals surface area (Å²) in [7, 11) is 1.51. The average molecular weight is 313 g/mol. The fourth-order valence-electron chi connectivity index (χ4n) is 2.83. The third-order valence-electron chi connectivity index (χ3n) is 4.32. The topological polar surface area (TPSA) is 55.4 Å². The van der Waals surface area contributed by atoms with Crippen LogP contribution in [-0.4, -0.2) is 25.0 Å². The minimum Gasteiger partial charge on any atom is -0.497 e. The van der Waals surface area contributed by atoms with Gasteiger partial charge in [-0.3, -0.25) is 9.59 Å². The van der Waals surface area contributed by atoms with Gasteiger partial charge in [-0.2, -0.15) is 0 Å². The molecule has 0 bridgehead atoms. The molecule has 0 radical (unpaired) electrons. The van der Waals surface area contributed by atoms with Gasteiger partial charge in [0.25, 0.3) is 0 Å². The van der Waals surface area contributed by atoms with Crippen LogP contribution in [0.3, 0.4) is 0 Å². The molecular weight excluding hydrogens is 297 g/mol. The van der Waals surface area contributed by atoms with Gasteiger partial charge in [-0.25, -0.2) is 4.39 Å². The Bertz CT molecular complexity index is 772. The van der Waals surface area contributed by atoms with E-state index >= 15 is 4.39 Å². The first-order valence-electron chi connectivity index (χ1n) is 7.21. The number of alkyl halides is 1. The highest BCUT2D eigenvalue weighted by Crippen LogP contribution is 2.42. The maximum atomic E-state index is 15.0. The molecule has 23 heavy (non-hydrogen) atoms. The number of nitrogens with one attached hydrogen (secondary N) is 1. The molecule has 0 fully saturated rings. The Morgan fingerprint density at radius 2 is 1.83 bits per heavy atom. The number of Topliss-reactive ketones (excluding diaryl/α,β-unsaturated/α-hetero) is 1. The molecule has 1 amide bonds. The first-order valence-corrected chi connectivity index (χ1v) is 7.21. The molecule has 2 aromatic rings. The molecule has 1 aliphatic heterocycles. The first-order chi connectivity index (χ1) is 11.0. The number of ether oxygens (including phenoxy) is 1. The van der Waals surface area contributed by atoms with Crippen molar-refractivity contribution < 1.29 is 18.7 Å². The molecule has 1 heterocycles. The van der Waals surface area contributed by atoms with Crippen LogP contribution in [0, 0.1) is 0 Å². The van der Waals surface area contributed by atoms with Gasteiger partial charge in [0.2, 0.25) is 5.91 Å². The smallest absolute Gasteiger partial charge is 0.238 e. The van der Waals surface area contributed by atoms with E-state index in [1.54, 1.807) is 36.4 Å². The zero-order valence-electron chi connectivity index (χ0n) is 12.8. The number of methoxy groups -OCH3 is 1. The fraction of sp³-hybridized carbons (Fsp3) is 0.222. The number of carbonyl (C=O) groups is 2. The Balaban J connectivity index is 1.96. The van der Waals surface area contributed by atoms with E-state index in [0.717, 1.165) is 0 Å². The van der Waals surface area contributed by atoms with Gasteiger partial charge in [0.1, 0.15) is 11.2 Å². The molecule has 2 atom stereocenters. The summed E-state index contributed by atoms with van der Waals surface area (Å²) in [4.78, 5) is 24.8. The van der Waals surface area contributed by atoms with Crippen molar-refractivity contribution in [1.82, 2.24) is 0 Å². The minimum atomic E-state index is -1.97. The molecular formula is C18H16FNO3. The molecule has 0 saturated carbocycles. The Kier molecular flexibility index (Phi) is 3.64. The van der Waals surface area contributed by atoms with Crippen LogP contribution >= 0.6 is 0 Å². The van der Waals surface area contributed by atoms with Gasteiger partial charge in [0.05, 0.1) is 7.11 Å². The number of halogens is 1. The number of hydrogen-bond acceptors (Lipinski definition) is 3. The number of benzene rings is 2. The van der Waals surface area contributed by atoms with Gasteiger partial charge in [0.15, 0.2) is 12.0 Å². The number of anilines is 1. The van der Waals surface area contributed by atoms with Crippen molar-refractivity contribution in [3.63, 3.8) is 0 Å². The normalized spacial score (nSPS) is 20.6. The number of ketones is 1. The molecule has 2 aromatic carbocycles. The Morgan fingerprint density at radius 3 is 2.48 bits per heavy atom. The molecule has 0 aromatic heterocycles. The maximum absolute atomic E-state index is 15.0. The monoisotopic (exact) mass is 313 g/mol. The average Bonchev–Trinajstić information content (AvgIpc) is 2.86. The number of para-hydroxylation sites is 1. The van der Waals surface area contributed by atoms with Crippen molar-refractivity contribution in [2.45, 2.75) is 18.5 Å². The van der Waals surface area contributed by atoms with Gasteiger partial charge in [-0.15, -0.1) is 0 Å². The summed E-state index contributed by atoms with van der Waals surface area (Å²) in [6.07, 6.45) is -1.97. The summed E-state index contributed by atoms with van der Waals surface area (Å²) in [6.45, 7) is 1.46. The number of carbonyl (C=O) groups excluding carboxylic acids is 2. The van der Waals surface area contributed by atoms with Gasteiger partial charge in [-0.1, -0.05) is 18.2 Å². The van der Waals surface area contributed by atoms with E-state index in [4.69, 9.17) is 4.74 Å². The quantitative estimate of drug-likeness (QED) is 0.882. The van der Waals surface area contributed by atoms with Crippen molar-refractivity contribution in [3.8, 4) is 5.75 Å². The highest BCUT2D eigenvalue weighted by molar-refractivity contribution is 6.12. The summed E-state index contributed by atoms with van der Waals surface area (Å²) < 4.78 is 20.1. The fourth-order valence-corrected chi connectivity index (χ4v) is 2.83. The van der Waals surface area contributed by atoms with E-state index in [1.807, 2.05) is 0 Å². The van der Waals surface area contributed by atoms with Gasteiger partial charge >= 0.3 is 0 Å². The summed E-state index contributed by atoms with van der Waals surface area (Å²) in [5.74, 6) is -0.651. The third kappa shape index (κ3) is 2.29. The molecule has 4 nitrogen and oxygen atoms in total. The largest absolute Gasteiger partial charge is 0.497 e. The first kappa shape index (κ1) is 15.2. The lowest BCUT2D eigenvalue weighted by Gasteiger charge is -2.25. The second-order valence-corrected chi connectivity index (χ2v) is 5.66. The Hall–Kier alpha value is -2.69. The van der Waals surface area contributed by atoms with Crippen molar-refractivity contribution in [2.75, 3.05) is 12.4 Å². The molecule has 0 unspecified atom stereocenters. The molecule has 1 aliphatic rings. The number of hydrogen-bond donors (Lipinski definition) is 1. The minimum absolute atomic E-state index is 0.205. The number of fused-ring (bicyclic) bond motifs is 1. The predicted molar refractivity (Wildman–Crippen MR) is 84.6 cm³/mol. The maximum Gasteiger partial charge on any atom is 0.238 e. The van der Waals surface area contributed by atoms with Crippen molar-refractivity contribution in [2.24, 2.45) is 0 Å². The molecule has 1 N–H and O–H groups in total. The van der Waals surface area contributed by atoms with Crippen molar-refractivity contribution in [3.05, 3.63) is 59.7 Å².